The molecule has 18 heavy (non-hydrogen) atoms. The number of aryl methyl sites for hydroxylation is 2. The van der Waals surface area contributed by atoms with Crippen LogP contribution in [0.1, 0.15) is 20.8 Å². The molecular weight excluding hydrogens is 270 g/mol. The number of rotatable bonds is 2. The van der Waals surface area contributed by atoms with Gasteiger partial charge in [-0.15, -0.1) is 11.3 Å². The van der Waals surface area contributed by atoms with E-state index in [2.05, 4.69) is 9.72 Å². The van der Waals surface area contributed by atoms with Gasteiger partial charge in [-0.05, 0) is 31.0 Å². The number of benzene rings is 1. The van der Waals surface area contributed by atoms with Crippen molar-refractivity contribution < 1.29 is 9.53 Å². The Balaban J connectivity index is 2.45. The van der Waals surface area contributed by atoms with E-state index in [1.165, 1.54) is 29.6 Å². The molecule has 1 aromatic heterocycles. The van der Waals surface area contributed by atoms with E-state index in [0.717, 1.165) is 10.6 Å². The molecule has 0 fully saturated rings. The number of thiazole rings is 1. The van der Waals surface area contributed by atoms with E-state index in [1.54, 1.807) is 0 Å². The Morgan fingerprint density at radius 2 is 2.06 bits per heavy atom. The second kappa shape index (κ2) is 5.08. The molecule has 5 heteroatoms. The second-order valence-electron chi connectivity index (χ2n) is 3.93. The van der Waals surface area contributed by atoms with Gasteiger partial charge in [0.2, 0.25) is 0 Å². The lowest BCUT2D eigenvalue weighted by molar-refractivity contribution is 0.0606. The molecule has 0 unspecified atom stereocenters. The highest BCUT2D eigenvalue weighted by atomic mass is 35.5. The van der Waals surface area contributed by atoms with Crippen LogP contribution in [-0.4, -0.2) is 18.1 Å². The van der Waals surface area contributed by atoms with E-state index in [4.69, 9.17) is 11.6 Å². The van der Waals surface area contributed by atoms with Crippen molar-refractivity contribution in [3.05, 3.63) is 39.4 Å². The molecule has 0 aliphatic heterocycles. The molecule has 0 aliphatic carbocycles. The lowest BCUT2D eigenvalue weighted by Gasteiger charge is -2.01. The van der Waals surface area contributed by atoms with Gasteiger partial charge in [-0.25, -0.2) is 9.78 Å². The van der Waals surface area contributed by atoms with Crippen LogP contribution in [0.4, 0.5) is 0 Å². The molecule has 0 aliphatic rings. The third-order valence-corrected chi connectivity index (χ3v) is 4.18. The molecule has 2 rings (SSSR count). The second-order valence-corrected chi connectivity index (χ2v) is 5.29. The maximum absolute atomic E-state index is 11.5. The fraction of sp³-hybridized carbons (Fsp3) is 0.231. The molecule has 0 radical (unpaired) electrons. The summed E-state index contributed by atoms with van der Waals surface area (Å²) in [7, 11) is 1.33. The Labute approximate surface area is 114 Å². The van der Waals surface area contributed by atoms with Crippen LogP contribution in [0.2, 0.25) is 5.15 Å². The molecule has 0 spiro atoms. The summed E-state index contributed by atoms with van der Waals surface area (Å²) in [6.07, 6.45) is 0. The first-order chi connectivity index (χ1) is 8.52. The number of carbonyl (C=O) groups is 1. The number of aromatic nitrogens is 1. The van der Waals surface area contributed by atoms with E-state index >= 15 is 0 Å². The van der Waals surface area contributed by atoms with Gasteiger partial charge in [0.15, 0.2) is 10.0 Å². The Bertz CT molecular complexity index is 607. The van der Waals surface area contributed by atoms with Crippen LogP contribution >= 0.6 is 22.9 Å². The lowest BCUT2D eigenvalue weighted by atomic mass is 10.1. The van der Waals surface area contributed by atoms with Gasteiger partial charge < -0.3 is 4.74 Å². The molecule has 0 bridgehead atoms. The minimum atomic E-state index is -0.451. The fourth-order valence-electron chi connectivity index (χ4n) is 1.52. The van der Waals surface area contributed by atoms with Crippen molar-refractivity contribution in [1.82, 2.24) is 4.98 Å². The van der Waals surface area contributed by atoms with Crippen LogP contribution in [0, 0.1) is 13.8 Å². The summed E-state index contributed by atoms with van der Waals surface area (Å²) in [5.74, 6) is -0.451. The maximum atomic E-state index is 11.5. The summed E-state index contributed by atoms with van der Waals surface area (Å²) in [6.45, 7) is 4.09. The topological polar surface area (TPSA) is 39.2 Å². The number of nitrogens with zero attached hydrogens (tertiary/aromatic N) is 1. The Morgan fingerprint density at radius 3 is 2.67 bits per heavy atom. The van der Waals surface area contributed by atoms with Gasteiger partial charge in [0, 0.05) is 5.56 Å². The van der Waals surface area contributed by atoms with E-state index in [-0.39, 0.29) is 5.15 Å². The predicted octanol–water partition coefficient (Wildman–Crippen LogP) is 3.87. The Kier molecular flexibility index (Phi) is 3.68. The molecule has 3 nitrogen and oxygen atoms in total. The average Bonchev–Trinajstić information content (AvgIpc) is 2.74. The zero-order valence-corrected chi connectivity index (χ0v) is 11.9. The molecule has 2 aromatic rings. The molecular formula is C13H12ClNO2S. The summed E-state index contributed by atoms with van der Waals surface area (Å²) in [5.41, 5.74) is 3.35. The molecule has 0 amide bonds. The Morgan fingerprint density at radius 1 is 1.33 bits per heavy atom. The largest absolute Gasteiger partial charge is 0.465 e. The van der Waals surface area contributed by atoms with Crippen LogP contribution in [0.5, 0.6) is 0 Å². The van der Waals surface area contributed by atoms with Crippen molar-refractivity contribution in [2.24, 2.45) is 0 Å². The highest BCUT2D eigenvalue weighted by Gasteiger charge is 2.18. The summed E-state index contributed by atoms with van der Waals surface area (Å²) in [6, 6.07) is 6.03. The fourth-order valence-corrected chi connectivity index (χ4v) is 2.72. The normalized spacial score (nSPS) is 10.4. The van der Waals surface area contributed by atoms with Crippen LogP contribution in [0.3, 0.4) is 0 Å². The van der Waals surface area contributed by atoms with Crippen molar-refractivity contribution in [2.45, 2.75) is 13.8 Å². The van der Waals surface area contributed by atoms with E-state index in [0.29, 0.717) is 4.88 Å². The van der Waals surface area contributed by atoms with Crippen LogP contribution in [0.15, 0.2) is 18.2 Å². The molecule has 0 atom stereocenters. The highest BCUT2D eigenvalue weighted by Crippen LogP contribution is 2.32. The first-order valence-corrected chi connectivity index (χ1v) is 6.54. The summed E-state index contributed by atoms with van der Waals surface area (Å²) < 4.78 is 4.66. The zero-order valence-electron chi connectivity index (χ0n) is 10.3. The molecule has 0 N–H and O–H groups in total. The molecule has 94 valence electrons. The first-order valence-electron chi connectivity index (χ1n) is 5.35. The number of carbonyl (C=O) groups excluding carboxylic acids is 1. The quantitative estimate of drug-likeness (QED) is 0.785. The van der Waals surface area contributed by atoms with Gasteiger partial charge >= 0.3 is 5.97 Å². The van der Waals surface area contributed by atoms with Crippen LogP contribution in [0.25, 0.3) is 10.6 Å². The third kappa shape index (κ3) is 2.40. The van der Waals surface area contributed by atoms with Crippen LogP contribution < -0.4 is 0 Å². The minimum Gasteiger partial charge on any atom is -0.465 e. The molecule has 1 aromatic carbocycles. The monoisotopic (exact) mass is 281 g/mol. The third-order valence-electron chi connectivity index (χ3n) is 2.71. The number of hydrogen-bond donors (Lipinski definition) is 0. The summed E-state index contributed by atoms with van der Waals surface area (Å²) in [4.78, 5) is 16.0. The van der Waals surface area contributed by atoms with Crippen molar-refractivity contribution in [2.75, 3.05) is 7.11 Å². The van der Waals surface area contributed by atoms with Gasteiger partial charge in [0.05, 0.1) is 7.11 Å². The van der Waals surface area contributed by atoms with E-state index in [9.17, 15) is 4.79 Å². The van der Waals surface area contributed by atoms with Gasteiger partial charge in [0.25, 0.3) is 0 Å². The first kappa shape index (κ1) is 13.1. The number of esters is 1. The molecule has 1 heterocycles. The number of ether oxygens (including phenoxy) is 1. The van der Waals surface area contributed by atoms with Crippen molar-refractivity contribution in [3.63, 3.8) is 0 Å². The van der Waals surface area contributed by atoms with Crippen molar-refractivity contribution in [3.8, 4) is 10.6 Å². The molecule has 0 saturated heterocycles. The van der Waals surface area contributed by atoms with Crippen molar-refractivity contribution in [1.29, 1.82) is 0 Å². The SMILES string of the molecule is COC(=O)c1sc(-c2ccc(C)c(C)c2)nc1Cl. The van der Waals surface area contributed by atoms with Gasteiger partial charge in [-0.2, -0.15) is 0 Å². The van der Waals surface area contributed by atoms with Crippen LogP contribution in [-0.2, 0) is 4.74 Å². The number of halogens is 1. The van der Waals surface area contributed by atoms with Crippen molar-refractivity contribution >= 4 is 28.9 Å². The number of methoxy groups -OCH3 is 1. The smallest absolute Gasteiger partial charge is 0.351 e. The maximum Gasteiger partial charge on any atom is 0.351 e. The minimum absolute atomic E-state index is 0.195. The molecule has 0 saturated carbocycles. The average molecular weight is 282 g/mol. The van der Waals surface area contributed by atoms with E-state index < -0.39 is 5.97 Å². The van der Waals surface area contributed by atoms with E-state index in [1.807, 2.05) is 32.0 Å². The summed E-state index contributed by atoms with van der Waals surface area (Å²) >= 11 is 7.18. The Hall–Kier alpha value is -1.39. The van der Waals surface area contributed by atoms with Gasteiger partial charge in [-0.1, -0.05) is 23.7 Å². The standard InChI is InChI=1S/C13H12ClNO2S/c1-7-4-5-9(6-8(7)2)12-15-11(14)10(18-12)13(16)17-3/h4-6H,1-3H3. The van der Waals surface area contributed by atoms with Gasteiger partial charge in [0.1, 0.15) is 5.01 Å². The lowest BCUT2D eigenvalue weighted by Crippen LogP contribution is -1.98. The predicted molar refractivity (Wildman–Crippen MR) is 73.4 cm³/mol. The summed E-state index contributed by atoms with van der Waals surface area (Å²) in [5, 5.41) is 0.920. The highest BCUT2D eigenvalue weighted by molar-refractivity contribution is 7.17. The van der Waals surface area contributed by atoms with Gasteiger partial charge in [-0.3, -0.25) is 0 Å². The number of hydrogen-bond acceptors (Lipinski definition) is 4. The zero-order chi connectivity index (χ0) is 13.3.